The standard InChI is InChI=1S/C15H19ClN2O2S/c1-11-10-21-15(18-11)7-17-6-14(19)9-20-8-12-2-4-13(16)5-3-12/h2-5,10,14,17,19H,6-9H2,1H3. The molecule has 2 rings (SSSR count). The zero-order valence-electron chi connectivity index (χ0n) is 11.9. The van der Waals surface area contributed by atoms with Crippen molar-refractivity contribution in [3.05, 3.63) is 50.9 Å². The number of hydrogen-bond donors (Lipinski definition) is 2. The first-order valence-corrected chi connectivity index (χ1v) is 8.01. The number of aliphatic hydroxyl groups is 1. The van der Waals surface area contributed by atoms with Crippen LogP contribution in [0.5, 0.6) is 0 Å². The summed E-state index contributed by atoms with van der Waals surface area (Å²) in [5, 5.41) is 16.8. The van der Waals surface area contributed by atoms with E-state index in [9.17, 15) is 5.11 Å². The van der Waals surface area contributed by atoms with Crippen molar-refractivity contribution < 1.29 is 9.84 Å². The van der Waals surface area contributed by atoms with Crippen LogP contribution in [0.15, 0.2) is 29.6 Å². The summed E-state index contributed by atoms with van der Waals surface area (Å²) in [7, 11) is 0. The third kappa shape index (κ3) is 6.11. The Bertz CT molecular complexity index is 545. The van der Waals surface area contributed by atoms with Crippen molar-refractivity contribution in [3.8, 4) is 0 Å². The van der Waals surface area contributed by atoms with Crippen molar-refractivity contribution >= 4 is 22.9 Å². The Labute approximate surface area is 133 Å². The lowest BCUT2D eigenvalue weighted by Gasteiger charge is -2.12. The average molecular weight is 327 g/mol. The number of nitrogens with one attached hydrogen (secondary N) is 1. The minimum atomic E-state index is -0.529. The Balaban J connectivity index is 1.59. The van der Waals surface area contributed by atoms with Crippen LogP contribution in [0.1, 0.15) is 16.3 Å². The minimum absolute atomic E-state index is 0.298. The van der Waals surface area contributed by atoms with E-state index in [0.29, 0.717) is 31.3 Å². The Morgan fingerprint density at radius 3 is 2.81 bits per heavy atom. The number of aliphatic hydroxyl groups excluding tert-OH is 1. The fourth-order valence-corrected chi connectivity index (χ4v) is 2.65. The lowest BCUT2D eigenvalue weighted by molar-refractivity contribution is 0.0287. The van der Waals surface area contributed by atoms with Crippen molar-refractivity contribution in [2.24, 2.45) is 0 Å². The number of rotatable bonds is 8. The van der Waals surface area contributed by atoms with Gasteiger partial charge in [0, 0.05) is 29.2 Å². The molecule has 0 saturated heterocycles. The quantitative estimate of drug-likeness (QED) is 0.783. The van der Waals surface area contributed by atoms with E-state index in [-0.39, 0.29) is 0 Å². The largest absolute Gasteiger partial charge is 0.389 e. The van der Waals surface area contributed by atoms with Gasteiger partial charge in [-0.3, -0.25) is 0 Å². The van der Waals surface area contributed by atoms with Gasteiger partial charge in [-0.05, 0) is 24.6 Å². The van der Waals surface area contributed by atoms with Crippen LogP contribution in [0, 0.1) is 6.92 Å². The predicted molar refractivity (Wildman–Crippen MR) is 85.7 cm³/mol. The number of hydrogen-bond acceptors (Lipinski definition) is 5. The van der Waals surface area contributed by atoms with E-state index in [4.69, 9.17) is 16.3 Å². The topological polar surface area (TPSA) is 54.4 Å². The van der Waals surface area contributed by atoms with E-state index in [1.165, 1.54) is 0 Å². The predicted octanol–water partition coefficient (Wildman–Crippen LogP) is 2.77. The maximum Gasteiger partial charge on any atom is 0.107 e. The fourth-order valence-electron chi connectivity index (χ4n) is 1.78. The molecule has 0 amide bonds. The van der Waals surface area contributed by atoms with Gasteiger partial charge >= 0.3 is 0 Å². The van der Waals surface area contributed by atoms with E-state index in [2.05, 4.69) is 10.3 Å². The van der Waals surface area contributed by atoms with Gasteiger partial charge in [-0.2, -0.15) is 0 Å². The first-order chi connectivity index (χ1) is 10.1. The number of ether oxygens (including phenoxy) is 1. The SMILES string of the molecule is Cc1csc(CNCC(O)COCc2ccc(Cl)cc2)n1. The number of nitrogens with zero attached hydrogens (tertiary/aromatic N) is 1. The molecule has 0 aliphatic carbocycles. The Morgan fingerprint density at radius 1 is 1.38 bits per heavy atom. The molecule has 1 unspecified atom stereocenters. The molecule has 1 aromatic carbocycles. The highest BCUT2D eigenvalue weighted by molar-refractivity contribution is 7.09. The van der Waals surface area contributed by atoms with Crippen molar-refractivity contribution in [1.29, 1.82) is 0 Å². The summed E-state index contributed by atoms with van der Waals surface area (Å²) in [6.45, 7) is 3.90. The first-order valence-electron chi connectivity index (χ1n) is 6.75. The summed E-state index contributed by atoms with van der Waals surface area (Å²) in [5.74, 6) is 0. The molecule has 0 bridgehead atoms. The van der Waals surface area contributed by atoms with Gasteiger partial charge in [-0.25, -0.2) is 4.98 Å². The molecule has 21 heavy (non-hydrogen) atoms. The molecular weight excluding hydrogens is 308 g/mol. The molecule has 0 spiro atoms. The number of aryl methyl sites for hydroxylation is 1. The monoisotopic (exact) mass is 326 g/mol. The normalized spacial score (nSPS) is 12.5. The first kappa shape index (κ1) is 16.4. The van der Waals surface area contributed by atoms with Crippen LogP contribution in [-0.4, -0.2) is 29.3 Å². The molecule has 114 valence electrons. The fraction of sp³-hybridized carbons (Fsp3) is 0.400. The van der Waals surface area contributed by atoms with Crippen LogP contribution in [0.2, 0.25) is 5.02 Å². The molecule has 0 aliphatic heterocycles. The molecule has 6 heteroatoms. The molecule has 0 aliphatic rings. The zero-order valence-corrected chi connectivity index (χ0v) is 13.5. The smallest absolute Gasteiger partial charge is 0.107 e. The zero-order chi connectivity index (χ0) is 15.1. The Kier molecular flexibility index (Phi) is 6.60. The highest BCUT2D eigenvalue weighted by Crippen LogP contribution is 2.10. The lowest BCUT2D eigenvalue weighted by Crippen LogP contribution is -2.30. The average Bonchev–Trinajstić information content (AvgIpc) is 2.87. The second-order valence-electron chi connectivity index (χ2n) is 4.81. The summed E-state index contributed by atoms with van der Waals surface area (Å²) in [4.78, 5) is 4.35. The summed E-state index contributed by atoms with van der Waals surface area (Å²) in [5.41, 5.74) is 2.07. The Morgan fingerprint density at radius 2 is 2.14 bits per heavy atom. The summed E-state index contributed by atoms with van der Waals surface area (Å²) >= 11 is 7.43. The van der Waals surface area contributed by atoms with E-state index >= 15 is 0 Å². The minimum Gasteiger partial charge on any atom is -0.389 e. The molecule has 2 N–H and O–H groups in total. The molecule has 0 fully saturated rings. The van der Waals surface area contributed by atoms with Gasteiger partial charge in [0.2, 0.25) is 0 Å². The van der Waals surface area contributed by atoms with Crippen LogP contribution in [-0.2, 0) is 17.9 Å². The maximum absolute atomic E-state index is 9.83. The number of halogens is 1. The highest BCUT2D eigenvalue weighted by atomic mass is 35.5. The number of thiazole rings is 1. The molecule has 4 nitrogen and oxygen atoms in total. The van der Waals surface area contributed by atoms with E-state index in [1.54, 1.807) is 11.3 Å². The second kappa shape index (κ2) is 8.46. The molecule has 1 heterocycles. The van der Waals surface area contributed by atoms with Gasteiger partial charge in [0.1, 0.15) is 5.01 Å². The second-order valence-corrected chi connectivity index (χ2v) is 6.19. The molecule has 1 atom stereocenters. The van der Waals surface area contributed by atoms with E-state index in [0.717, 1.165) is 16.3 Å². The van der Waals surface area contributed by atoms with Crippen LogP contribution in [0.3, 0.4) is 0 Å². The summed E-state index contributed by atoms with van der Waals surface area (Å²) in [6, 6.07) is 7.48. The van der Waals surface area contributed by atoms with Gasteiger partial charge in [-0.15, -0.1) is 11.3 Å². The van der Waals surface area contributed by atoms with Crippen LogP contribution >= 0.6 is 22.9 Å². The Hall–Kier alpha value is -0.980. The maximum atomic E-state index is 9.83. The van der Waals surface area contributed by atoms with Crippen molar-refractivity contribution in [2.45, 2.75) is 26.2 Å². The van der Waals surface area contributed by atoms with E-state index in [1.807, 2.05) is 36.6 Å². The van der Waals surface area contributed by atoms with Crippen molar-refractivity contribution in [1.82, 2.24) is 10.3 Å². The summed E-state index contributed by atoms with van der Waals surface area (Å²) in [6.07, 6.45) is -0.529. The third-order valence-electron chi connectivity index (χ3n) is 2.81. The van der Waals surface area contributed by atoms with Crippen molar-refractivity contribution in [2.75, 3.05) is 13.2 Å². The highest BCUT2D eigenvalue weighted by Gasteiger charge is 2.05. The van der Waals surface area contributed by atoms with Crippen LogP contribution in [0.25, 0.3) is 0 Å². The summed E-state index contributed by atoms with van der Waals surface area (Å²) < 4.78 is 5.48. The molecular formula is C15H19ClN2O2S. The number of aromatic nitrogens is 1. The lowest BCUT2D eigenvalue weighted by atomic mass is 10.2. The molecule has 1 aromatic heterocycles. The van der Waals surface area contributed by atoms with Crippen molar-refractivity contribution in [3.63, 3.8) is 0 Å². The van der Waals surface area contributed by atoms with Gasteiger partial charge in [0.05, 0.1) is 19.3 Å². The van der Waals surface area contributed by atoms with Crippen LogP contribution < -0.4 is 5.32 Å². The van der Waals surface area contributed by atoms with Gasteiger partial charge in [0.15, 0.2) is 0 Å². The van der Waals surface area contributed by atoms with Gasteiger partial charge in [0.25, 0.3) is 0 Å². The van der Waals surface area contributed by atoms with Gasteiger partial charge in [-0.1, -0.05) is 23.7 Å². The molecule has 0 radical (unpaired) electrons. The van der Waals surface area contributed by atoms with Crippen LogP contribution in [0.4, 0.5) is 0 Å². The third-order valence-corrected chi connectivity index (χ3v) is 4.03. The van der Waals surface area contributed by atoms with Gasteiger partial charge < -0.3 is 15.2 Å². The molecule has 2 aromatic rings. The molecule has 0 saturated carbocycles. The number of benzene rings is 1. The van der Waals surface area contributed by atoms with E-state index < -0.39 is 6.10 Å².